The zero-order chi connectivity index (χ0) is 9.84. The Morgan fingerprint density at radius 1 is 1.38 bits per heavy atom. The summed E-state index contributed by atoms with van der Waals surface area (Å²) in [6.07, 6.45) is 1.88. The number of hydrogen-bond acceptors (Lipinski definition) is 2. The molecule has 1 rings (SSSR count). The van der Waals surface area contributed by atoms with Gasteiger partial charge in [0.25, 0.3) is 0 Å². The number of β-amino-alcohol motifs (C(OH)–C–C–N with tert-alkyl or cyclic N) is 1. The molecule has 0 radical (unpaired) electrons. The van der Waals surface area contributed by atoms with Crippen molar-refractivity contribution in [1.29, 1.82) is 0 Å². The maximum absolute atomic E-state index is 9.50. The highest BCUT2D eigenvalue weighted by Gasteiger charge is 2.15. The van der Waals surface area contributed by atoms with E-state index in [9.17, 15) is 5.11 Å². The molecule has 0 bridgehead atoms. The maximum atomic E-state index is 9.50. The highest BCUT2D eigenvalue weighted by atomic mass is 16.3. The van der Waals surface area contributed by atoms with Crippen molar-refractivity contribution in [1.82, 2.24) is 4.90 Å². The molecule has 0 saturated heterocycles. The minimum Gasteiger partial charge on any atom is -0.392 e. The van der Waals surface area contributed by atoms with Crippen LogP contribution in [-0.4, -0.2) is 35.7 Å². The largest absolute Gasteiger partial charge is 0.392 e. The van der Waals surface area contributed by atoms with Crippen LogP contribution < -0.4 is 0 Å². The molecule has 0 aromatic heterocycles. The van der Waals surface area contributed by atoms with E-state index in [1.807, 2.05) is 6.92 Å². The monoisotopic (exact) mass is 183 g/mol. The third-order valence-electron chi connectivity index (χ3n) is 2.93. The standard InChI is InChI=1S/C11H21NO/c1-4-11(13)8-12-6-5-9(2)10(3)7-12/h11,13H,4-8H2,1-3H3/t11-/m0/s1. The topological polar surface area (TPSA) is 23.5 Å². The summed E-state index contributed by atoms with van der Waals surface area (Å²) in [6.45, 7) is 9.43. The Bertz CT molecular complexity index is 198. The molecule has 13 heavy (non-hydrogen) atoms. The van der Waals surface area contributed by atoms with E-state index in [2.05, 4.69) is 18.7 Å². The number of nitrogens with zero attached hydrogens (tertiary/aromatic N) is 1. The van der Waals surface area contributed by atoms with Gasteiger partial charge in [-0.15, -0.1) is 0 Å². The summed E-state index contributed by atoms with van der Waals surface area (Å²) in [4.78, 5) is 2.34. The summed E-state index contributed by atoms with van der Waals surface area (Å²) in [6, 6.07) is 0. The second kappa shape index (κ2) is 4.77. The fourth-order valence-electron chi connectivity index (χ4n) is 1.67. The predicted octanol–water partition coefficient (Wildman–Crippen LogP) is 1.80. The van der Waals surface area contributed by atoms with Crippen LogP contribution in [-0.2, 0) is 0 Å². The Labute approximate surface area is 81.2 Å². The quantitative estimate of drug-likeness (QED) is 0.674. The lowest BCUT2D eigenvalue weighted by Crippen LogP contribution is -2.36. The van der Waals surface area contributed by atoms with Gasteiger partial charge in [-0.25, -0.2) is 0 Å². The van der Waals surface area contributed by atoms with Crippen molar-refractivity contribution in [2.75, 3.05) is 19.6 Å². The first-order chi connectivity index (χ1) is 6.13. The molecule has 0 aromatic carbocycles. The van der Waals surface area contributed by atoms with E-state index in [0.717, 1.165) is 26.1 Å². The molecule has 1 atom stereocenters. The normalized spacial score (nSPS) is 22.2. The van der Waals surface area contributed by atoms with Gasteiger partial charge in [0.2, 0.25) is 0 Å². The van der Waals surface area contributed by atoms with Crippen LogP contribution in [0.3, 0.4) is 0 Å². The van der Waals surface area contributed by atoms with Gasteiger partial charge in [0.15, 0.2) is 0 Å². The molecule has 0 saturated carbocycles. The highest BCUT2D eigenvalue weighted by molar-refractivity contribution is 5.14. The molecule has 2 nitrogen and oxygen atoms in total. The lowest BCUT2D eigenvalue weighted by molar-refractivity contribution is 0.112. The Kier molecular flexibility index (Phi) is 3.94. The average Bonchev–Trinajstić information content (AvgIpc) is 2.11. The van der Waals surface area contributed by atoms with E-state index in [-0.39, 0.29) is 6.10 Å². The van der Waals surface area contributed by atoms with Gasteiger partial charge in [-0.05, 0) is 26.7 Å². The molecule has 0 spiro atoms. The van der Waals surface area contributed by atoms with Gasteiger partial charge in [-0.1, -0.05) is 18.1 Å². The molecule has 0 fully saturated rings. The average molecular weight is 183 g/mol. The molecular weight excluding hydrogens is 162 g/mol. The van der Waals surface area contributed by atoms with Gasteiger partial charge in [0.05, 0.1) is 6.10 Å². The molecule has 1 N–H and O–H groups in total. The van der Waals surface area contributed by atoms with Crippen molar-refractivity contribution < 1.29 is 5.11 Å². The Balaban J connectivity index is 2.40. The van der Waals surface area contributed by atoms with Gasteiger partial charge in [0.1, 0.15) is 0 Å². The molecule has 1 aliphatic rings. The van der Waals surface area contributed by atoms with E-state index in [1.165, 1.54) is 17.6 Å². The summed E-state index contributed by atoms with van der Waals surface area (Å²) in [5.74, 6) is 0. The van der Waals surface area contributed by atoms with E-state index < -0.39 is 0 Å². The van der Waals surface area contributed by atoms with Crippen LogP contribution in [0.25, 0.3) is 0 Å². The molecule has 1 heterocycles. The summed E-state index contributed by atoms with van der Waals surface area (Å²) in [5, 5.41) is 9.50. The van der Waals surface area contributed by atoms with Crippen molar-refractivity contribution in [3.63, 3.8) is 0 Å². The SMILES string of the molecule is CC[C@H](O)CN1CCC(C)=C(C)C1. The molecule has 0 aromatic rings. The first-order valence-electron chi connectivity index (χ1n) is 5.19. The van der Waals surface area contributed by atoms with Crippen LogP contribution in [0.4, 0.5) is 0 Å². The van der Waals surface area contributed by atoms with Gasteiger partial charge in [-0.2, -0.15) is 0 Å². The van der Waals surface area contributed by atoms with Crippen LogP contribution in [0.15, 0.2) is 11.1 Å². The second-order valence-corrected chi connectivity index (χ2v) is 4.11. The van der Waals surface area contributed by atoms with Gasteiger partial charge in [0, 0.05) is 19.6 Å². The molecule has 0 amide bonds. The molecule has 2 heteroatoms. The van der Waals surface area contributed by atoms with Crippen LogP contribution >= 0.6 is 0 Å². The van der Waals surface area contributed by atoms with Crippen LogP contribution in [0.1, 0.15) is 33.6 Å². The number of hydrogen-bond donors (Lipinski definition) is 1. The van der Waals surface area contributed by atoms with Gasteiger partial charge in [-0.3, -0.25) is 4.90 Å². The van der Waals surface area contributed by atoms with E-state index in [0.29, 0.717) is 0 Å². The maximum Gasteiger partial charge on any atom is 0.0664 e. The third kappa shape index (κ3) is 3.12. The third-order valence-corrected chi connectivity index (χ3v) is 2.93. The summed E-state index contributed by atoms with van der Waals surface area (Å²) < 4.78 is 0. The lowest BCUT2D eigenvalue weighted by Gasteiger charge is -2.29. The van der Waals surface area contributed by atoms with Crippen LogP contribution in [0, 0.1) is 0 Å². The zero-order valence-corrected chi connectivity index (χ0v) is 9.01. The Morgan fingerprint density at radius 2 is 2.08 bits per heavy atom. The van der Waals surface area contributed by atoms with Crippen molar-refractivity contribution in [3.05, 3.63) is 11.1 Å². The molecule has 76 valence electrons. The zero-order valence-electron chi connectivity index (χ0n) is 9.01. The lowest BCUT2D eigenvalue weighted by atomic mass is 10.0. The smallest absolute Gasteiger partial charge is 0.0664 e. The first kappa shape index (κ1) is 10.7. The molecular formula is C11H21NO. The summed E-state index contributed by atoms with van der Waals surface area (Å²) in [7, 11) is 0. The Morgan fingerprint density at radius 3 is 2.62 bits per heavy atom. The van der Waals surface area contributed by atoms with Crippen molar-refractivity contribution in [2.24, 2.45) is 0 Å². The molecule has 0 unspecified atom stereocenters. The van der Waals surface area contributed by atoms with Crippen molar-refractivity contribution in [2.45, 2.75) is 39.7 Å². The molecule has 0 aliphatic carbocycles. The minimum absolute atomic E-state index is 0.147. The van der Waals surface area contributed by atoms with E-state index in [1.54, 1.807) is 0 Å². The van der Waals surface area contributed by atoms with Crippen LogP contribution in [0.2, 0.25) is 0 Å². The van der Waals surface area contributed by atoms with Crippen molar-refractivity contribution >= 4 is 0 Å². The Hall–Kier alpha value is -0.340. The van der Waals surface area contributed by atoms with E-state index in [4.69, 9.17) is 0 Å². The van der Waals surface area contributed by atoms with Gasteiger partial charge < -0.3 is 5.11 Å². The molecule has 1 aliphatic heterocycles. The van der Waals surface area contributed by atoms with Gasteiger partial charge >= 0.3 is 0 Å². The first-order valence-corrected chi connectivity index (χ1v) is 5.19. The minimum atomic E-state index is -0.147. The predicted molar refractivity (Wildman–Crippen MR) is 55.7 cm³/mol. The van der Waals surface area contributed by atoms with E-state index >= 15 is 0 Å². The number of aliphatic hydroxyl groups excluding tert-OH is 1. The highest BCUT2D eigenvalue weighted by Crippen LogP contribution is 2.16. The number of aliphatic hydroxyl groups is 1. The van der Waals surface area contributed by atoms with Crippen LogP contribution in [0.5, 0.6) is 0 Å². The fraction of sp³-hybridized carbons (Fsp3) is 0.818. The van der Waals surface area contributed by atoms with Crippen molar-refractivity contribution in [3.8, 4) is 0 Å². The summed E-state index contributed by atoms with van der Waals surface area (Å²) >= 11 is 0. The summed E-state index contributed by atoms with van der Waals surface area (Å²) in [5.41, 5.74) is 3.01. The fourth-order valence-corrected chi connectivity index (χ4v) is 1.67. The number of rotatable bonds is 3. The second-order valence-electron chi connectivity index (χ2n) is 4.11.